The van der Waals surface area contributed by atoms with Crippen LogP contribution < -0.4 is 5.73 Å². The van der Waals surface area contributed by atoms with Crippen LogP contribution in [0.1, 0.15) is 23.8 Å². The van der Waals surface area contributed by atoms with Gasteiger partial charge in [-0.2, -0.15) is 0 Å². The first kappa shape index (κ1) is 15.9. The van der Waals surface area contributed by atoms with Gasteiger partial charge in [-0.25, -0.2) is 9.37 Å². The van der Waals surface area contributed by atoms with Crippen molar-refractivity contribution in [2.75, 3.05) is 39.3 Å². The minimum atomic E-state index is -0.427. The number of carbonyl (C=O) groups excluding carboxylic acids is 1. The third-order valence-corrected chi connectivity index (χ3v) is 3.79. The zero-order valence-electron chi connectivity index (χ0n) is 12.5. The Kier molecular flexibility index (Phi) is 5.64. The lowest BCUT2D eigenvalue weighted by Crippen LogP contribution is -2.37. The number of rotatable bonds is 4. The van der Waals surface area contributed by atoms with Crippen molar-refractivity contribution in [3.05, 3.63) is 29.8 Å². The Balaban J connectivity index is 1.93. The summed E-state index contributed by atoms with van der Waals surface area (Å²) in [4.78, 5) is 20.4. The summed E-state index contributed by atoms with van der Waals surface area (Å²) in [6.07, 6.45) is 2.02. The zero-order valence-corrected chi connectivity index (χ0v) is 12.5. The van der Waals surface area contributed by atoms with Gasteiger partial charge in [-0.15, -0.1) is 0 Å². The molecule has 21 heavy (non-hydrogen) atoms. The average molecular weight is 294 g/mol. The third kappa shape index (κ3) is 4.47. The Morgan fingerprint density at radius 3 is 2.86 bits per heavy atom. The molecule has 116 valence electrons. The van der Waals surface area contributed by atoms with Crippen LogP contribution in [0.3, 0.4) is 0 Å². The Morgan fingerprint density at radius 2 is 2.19 bits per heavy atom. The van der Waals surface area contributed by atoms with Crippen molar-refractivity contribution in [2.45, 2.75) is 13.3 Å². The molecule has 6 heteroatoms. The molecule has 2 heterocycles. The monoisotopic (exact) mass is 294 g/mol. The maximum atomic E-state index is 12.9. The van der Waals surface area contributed by atoms with Crippen LogP contribution in [-0.2, 0) is 0 Å². The van der Waals surface area contributed by atoms with E-state index in [1.165, 1.54) is 12.1 Å². The summed E-state index contributed by atoms with van der Waals surface area (Å²) >= 11 is 0. The van der Waals surface area contributed by atoms with Gasteiger partial charge in [-0.3, -0.25) is 4.79 Å². The summed E-state index contributed by atoms with van der Waals surface area (Å²) in [5.41, 5.74) is 5.97. The molecule has 1 aliphatic heterocycles. The molecule has 1 saturated heterocycles. The van der Waals surface area contributed by atoms with Crippen molar-refractivity contribution in [2.24, 2.45) is 11.7 Å². The maximum Gasteiger partial charge on any atom is 0.272 e. The molecule has 1 fully saturated rings. The fourth-order valence-electron chi connectivity index (χ4n) is 2.54. The fourth-order valence-corrected chi connectivity index (χ4v) is 2.54. The van der Waals surface area contributed by atoms with Crippen LogP contribution in [0.2, 0.25) is 0 Å². The molecule has 1 atom stereocenters. The second-order valence-corrected chi connectivity index (χ2v) is 5.65. The van der Waals surface area contributed by atoms with E-state index in [0.29, 0.717) is 31.2 Å². The summed E-state index contributed by atoms with van der Waals surface area (Å²) in [6, 6.07) is 2.71. The quantitative estimate of drug-likeness (QED) is 0.898. The largest absolute Gasteiger partial charge is 0.336 e. The summed E-state index contributed by atoms with van der Waals surface area (Å²) in [5.74, 6) is -0.0842. The predicted octanol–water partition coefficient (Wildman–Crippen LogP) is 0.963. The van der Waals surface area contributed by atoms with Gasteiger partial charge in [0.15, 0.2) is 0 Å². The first-order valence-electron chi connectivity index (χ1n) is 7.43. The van der Waals surface area contributed by atoms with E-state index in [9.17, 15) is 9.18 Å². The van der Waals surface area contributed by atoms with Gasteiger partial charge in [-0.1, -0.05) is 6.92 Å². The van der Waals surface area contributed by atoms with Crippen molar-refractivity contribution in [1.82, 2.24) is 14.8 Å². The lowest BCUT2D eigenvalue weighted by atomic mass is 10.1. The molecule has 0 spiro atoms. The fraction of sp³-hybridized carbons (Fsp3) is 0.600. The normalized spacial score (nSPS) is 18.3. The smallest absolute Gasteiger partial charge is 0.272 e. The van der Waals surface area contributed by atoms with E-state index in [1.807, 2.05) is 0 Å². The van der Waals surface area contributed by atoms with Crippen LogP contribution in [0.15, 0.2) is 18.3 Å². The highest BCUT2D eigenvalue weighted by atomic mass is 19.1. The second kappa shape index (κ2) is 7.47. The second-order valence-electron chi connectivity index (χ2n) is 5.65. The molecule has 0 radical (unpaired) electrons. The third-order valence-electron chi connectivity index (χ3n) is 3.79. The summed E-state index contributed by atoms with van der Waals surface area (Å²) in [7, 11) is 0. The van der Waals surface area contributed by atoms with Gasteiger partial charge in [0.05, 0.1) is 6.20 Å². The molecule has 2 N–H and O–H groups in total. The molecule has 1 aliphatic rings. The molecule has 1 amide bonds. The number of nitrogens with zero attached hydrogens (tertiary/aromatic N) is 3. The SMILES string of the molecule is CC(CN)CN1CCCN(C(=O)c2ccc(F)cn2)CC1. The number of hydrogen-bond donors (Lipinski definition) is 1. The lowest BCUT2D eigenvalue weighted by molar-refractivity contribution is 0.0755. The highest BCUT2D eigenvalue weighted by molar-refractivity contribution is 5.92. The Hall–Kier alpha value is -1.53. The highest BCUT2D eigenvalue weighted by Crippen LogP contribution is 2.09. The van der Waals surface area contributed by atoms with E-state index in [2.05, 4.69) is 16.8 Å². The minimum absolute atomic E-state index is 0.122. The van der Waals surface area contributed by atoms with E-state index in [4.69, 9.17) is 5.73 Å². The number of carbonyl (C=O) groups is 1. The van der Waals surface area contributed by atoms with Crippen LogP contribution in [0.5, 0.6) is 0 Å². The van der Waals surface area contributed by atoms with Gasteiger partial charge in [-0.05, 0) is 37.6 Å². The Labute approximate surface area is 124 Å². The zero-order chi connectivity index (χ0) is 15.2. The minimum Gasteiger partial charge on any atom is -0.336 e. The van der Waals surface area contributed by atoms with E-state index >= 15 is 0 Å². The molecule has 0 aromatic carbocycles. The summed E-state index contributed by atoms with van der Waals surface area (Å²) < 4.78 is 12.9. The number of amides is 1. The highest BCUT2D eigenvalue weighted by Gasteiger charge is 2.21. The Bertz CT molecular complexity index is 465. The number of nitrogens with two attached hydrogens (primary N) is 1. The standard InChI is InChI=1S/C15H23FN4O/c1-12(9-17)11-19-5-2-6-20(8-7-19)15(21)14-4-3-13(16)10-18-14/h3-4,10,12H,2,5-9,11,17H2,1H3. The maximum absolute atomic E-state index is 12.9. The molecule has 1 aromatic rings. The van der Waals surface area contributed by atoms with Gasteiger partial charge in [0, 0.05) is 26.2 Å². The number of pyridine rings is 1. The van der Waals surface area contributed by atoms with E-state index < -0.39 is 5.82 Å². The number of hydrogen-bond acceptors (Lipinski definition) is 4. The van der Waals surface area contributed by atoms with E-state index in [1.54, 1.807) is 4.90 Å². The van der Waals surface area contributed by atoms with Crippen LogP contribution in [-0.4, -0.2) is 60.0 Å². The van der Waals surface area contributed by atoms with Crippen LogP contribution in [0, 0.1) is 11.7 Å². The molecule has 2 rings (SSSR count). The van der Waals surface area contributed by atoms with Gasteiger partial charge in [0.1, 0.15) is 11.5 Å². The molecule has 0 bridgehead atoms. The molecular formula is C15H23FN4O. The Morgan fingerprint density at radius 1 is 1.38 bits per heavy atom. The molecular weight excluding hydrogens is 271 g/mol. The molecule has 0 aliphatic carbocycles. The first-order valence-corrected chi connectivity index (χ1v) is 7.43. The average Bonchev–Trinajstić information content (AvgIpc) is 2.73. The van der Waals surface area contributed by atoms with Gasteiger partial charge in [0.2, 0.25) is 0 Å². The molecule has 0 saturated carbocycles. The summed E-state index contributed by atoms with van der Waals surface area (Å²) in [5, 5.41) is 0. The number of halogens is 1. The van der Waals surface area contributed by atoms with Crippen molar-refractivity contribution in [3.8, 4) is 0 Å². The van der Waals surface area contributed by atoms with Crippen LogP contribution in [0.4, 0.5) is 4.39 Å². The van der Waals surface area contributed by atoms with E-state index in [0.717, 1.165) is 32.3 Å². The van der Waals surface area contributed by atoms with E-state index in [-0.39, 0.29) is 5.91 Å². The van der Waals surface area contributed by atoms with Gasteiger partial charge >= 0.3 is 0 Å². The topological polar surface area (TPSA) is 62.5 Å². The van der Waals surface area contributed by atoms with Crippen molar-refractivity contribution in [1.29, 1.82) is 0 Å². The lowest BCUT2D eigenvalue weighted by Gasteiger charge is -2.23. The van der Waals surface area contributed by atoms with Gasteiger partial charge < -0.3 is 15.5 Å². The van der Waals surface area contributed by atoms with Crippen molar-refractivity contribution in [3.63, 3.8) is 0 Å². The predicted molar refractivity (Wildman–Crippen MR) is 79.4 cm³/mol. The van der Waals surface area contributed by atoms with Crippen LogP contribution in [0.25, 0.3) is 0 Å². The molecule has 5 nitrogen and oxygen atoms in total. The number of aromatic nitrogens is 1. The first-order chi connectivity index (χ1) is 10.1. The van der Waals surface area contributed by atoms with Crippen molar-refractivity contribution >= 4 is 5.91 Å². The molecule has 1 aromatic heterocycles. The summed E-state index contributed by atoms with van der Waals surface area (Å²) in [6.45, 7) is 6.99. The van der Waals surface area contributed by atoms with Crippen LogP contribution >= 0.6 is 0 Å². The van der Waals surface area contributed by atoms with Crippen molar-refractivity contribution < 1.29 is 9.18 Å². The van der Waals surface area contributed by atoms with Gasteiger partial charge in [0.25, 0.3) is 5.91 Å². The molecule has 1 unspecified atom stereocenters.